The average molecular weight is 451 g/mol. The van der Waals surface area contributed by atoms with Gasteiger partial charge in [0.1, 0.15) is 11.0 Å². The third kappa shape index (κ3) is 2.72. The molecule has 8 bridgehead atoms. The molecule has 33 heavy (non-hydrogen) atoms. The number of hydrogen-bond acceptors (Lipinski definition) is 6. The summed E-state index contributed by atoms with van der Waals surface area (Å²) in [6.07, 6.45) is 9.27. The van der Waals surface area contributed by atoms with Gasteiger partial charge in [0, 0.05) is 39.3 Å². The topological polar surface area (TPSA) is 101 Å². The maximum absolute atomic E-state index is 4.95. The maximum atomic E-state index is 4.95. The molecule has 0 unspecified atom stereocenters. The van der Waals surface area contributed by atoms with Gasteiger partial charge in [0.15, 0.2) is 5.65 Å². The van der Waals surface area contributed by atoms with Crippen molar-refractivity contribution >= 4 is 75.8 Å². The Labute approximate surface area is 190 Å². The number of aromatic nitrogens is 8. The number of nitrogens with zero attached hydrogens (tertiary/aromatic N) is 6. The quantitative estimate of drug-likeness (QED) is 0.329. The van der Waals surface area contributed by atoms with E-state index in [1.807, 2.05) is 37.1 Å². The van der Waals surface area contributed by atoms with Crippen molar-refractivity contribution in [2.45, 2.75) is 19.9 Å². The fourth-order valence-electron chi connectivity index (χ4n) is 4.46. The first-order chi connectivity index (χ1) is 16.2. The minimum atomic E-state index is 0.242. The zero-order valence-corrected chi connectivity index (χ0v) is 18.7. The molecule has 0 atom stereocenters. The van der Waals surface area contributed by atoms with Crippen LogP contribution in [0.15, 0.2) is 55.2 Å². The highest BCUT2D eigenvalue weighted by atomic mass is 32.1. The number of nitrogens with one attached hydrogen (secondary N) is 2. The summed E-state index contributed by atoms with van der Waals surface area (Å²) in [5.74, 6) is 0. The lowest BCUT2D eigenvalue weighted by Crippen LogP contribution is -2.01. The van der Waals surface area contributed by atoms with Gasteiger partial charge in [-0.15, -0.1) is 11.3 Å². The van der Waals surface area contributed by atoms with E-state index in [0.29, 0.717) is 5.65 Å². The van der Waals surface area contributed by atoms with Crippen LogP contribution in [0.1, 0.15) is 19.9 Å². The first-order valence-electron chi connectivity index (χ1n) is 10.7. The van der Waals surface area contributed by atoms with E-state index in [1.165, 1.54) is 0 Å². The van der Waals surface area contributed by atoms with E-state index < -0.39 is 0 Å². The predicted octanol–water partition coefficient (Wildman–Crippen LogP) is 5.81. The van der Waals surface area contributed by atoms with E-state index in [1.54, 1.807) is 11.3 Å². The van der Waals surface area contributed by atoms with Crippen LogP contribution in [0.4, 0.5) is 0 Å². The van der Waals surface area contributed by atoms with Crippen molar-refractivity contribution < 1.29 is 0 Å². The van der Waals surface area contributed by atoms with E-state index in [9.17, 15) is 0 Å². The van der Waals surface area contributed by atoms with Crippen LogP contribution in [0.25, 0.3) is 64.4 Å². The molecule has 8 nitrogen and oxygen atoms in total. The molecule has 7 aromatic heterocycles. The smallest absolute Gasteiger partial charge is 0.159 e. The van der Waals surface area contributed by atoms with Crippen LogP contribution in [0, 0.1) is 0 Å². The molecule has 0 aliphatic rings. The molecular formula is C24H18N8S. The number of rotatable bonds is 1. The third-order valence-corrected chi connectivity index (χ3v) is 7.09. The van der Waals surface area contributed by atoms with Crippen molar-refractivity contribution in [2.24, 2.45) is 0 Å². The number of imidazole rings is 1. The molecule has 0 aliphatic carbocycles. The summed E-state index contributed by atoms with van der Waals surface area (Å²) in [5.41, 5.74) is 5.93. The van der Waals surface area contributed by atoms with Gasteiger partial charge in [-0.2, -0.15) is 5.10 Å². The van der Waals surface area contributed by atoms with Crippen LogP contribution >= 0.6 is 11.3 Å². The molecule has 7 rings (SSSR count). The lowest BCUT2D eigenvalue weighted by molar-refractivity contribution is 0.640. The summed E-state index contributed by atoms with van der Waals surface area (Å²) in [5, 5.41) is 10.5. The molecule has 0 aromatic carbocycles. The number of thiophene rings is 1. The standard InChI is InChI=1S/C24H18N8S/c1-12(2)32-14-5-13(7-25-8-14)17-6-15-18(11-27-17)30-31-23(15)24-28-19-10-26-9-16(22(19)29-24)20-3-4-21(32)33-20/h3-12H,1-2H3,(H,28,29)(H,30,31). The highest BCUT2D eigenvalue weighted by Gasteiger charge is 2.11. The van der Waals surface area contributed by atoms with Crippen LogP contribution in [0.5, 0.6) is 0 Å². The Morgan fingerprint density at radius 1 is 0.909 bits per heavy atom. The van der Waals surface area contributed by atoms with Gasteiger partial charge in [-0.3, -0.25) is 20.1 Å². The van der Waals surface area contributed by atoms with Gasteiger partial charge in [0.25, 0.3) is 0 Å². The highest BCUT2D eigenvalue weighted by Crippen LogP contribution is 2.30. The molecule has 0 amide bonds. The molecule has 0 saturated carbocycles. The second-order valence-electron chi connectivity index (χ2n) is 8.39. The minimum Gasteiger partial charge on any atom is -0.335 e. The Balaban J connectivity index is 1.80. The predicted molar refractivity (Wildman–Crippen MR) is 133 cm³/mol. The number of fused-ring (bicyclic) bond motifs is 9. The average Bonchev–Trinajstić information content (AvgIpc) is 3.55. The van der Waals surface area contributed by atoms with E-state index in [4.69, 9.17) is 4.98 Å². The fraction of sp³-hybridized carbons (Fsp3) is 0.125. The summed E-state index contributed by atoms with van der Waals surface area (Å²) in [7, 11) is 0. The first-order valence-corrected chi connectivity index (χ1v) is 11.5. The third-order valence-electron chi connectivity index (χ3n) is 5.97. The molecule has 0 aliphatic heterocycles. The molecular weight excluding hydrogens is 432 g/mol. The van der Waals surface area contributed by atoms with E-state index in [0.717, 1.165) is 58.8 Å². The number of pyridine rings is 3. The van der Waals surface area contributed by atoms with Crippen LogP contribution in [0.2, 0.25) is 0 Å². The van der Waals surface area contributed by atoms with Crippen molar-refractivity contribution in [3.63, 3.8) is 0 Å². The SMILES string of the molecule is CC(C)n1c2cncc(c2)c2cc3c(cn2)[nH]nc3c2nc3c(cncc3c3ccc1s3)[nH]2. The van der Waals surface area contributed by atoms with Gasteiger partial charge in [-0.05, 0) is 38.1 Å². The summed E-state index contributed by atoms with van der Waals surface area (Å²) in [6, 6.07) is 8.73. The van der Waals surface area contributed by atoms with E-state index in [-0.39, 0.29) is 6.04 Å². The van der Waals surface area contributed by atoms with Crippen molar-refractivity contribution in [1.29, 1.82) is 0 Å². The fourth-order valence-corrected chi connectivity index (χ4v) is 5.63. The van der Waals surface area contributed by atoms with Gasteiger partial charge in [-0.1, -0.05) is 0 Å². The summed E-state index contributed by atoms with van der Waals surface area (Å²) in [4.78, 5) is 23.2. The summed E-state index contributed by atoms with van der Waals surface area (Å²) < 4.78 is 3.41. The second-order valence-corrected chi connectivity index (χ2v) is 9.45. The Hall–Kier alpha value is -4.11. The lowest BCUT2D eigenvalue weighted by atomic mass is 10.2. The van der Waals surface area contributed by atoms with Gasteiger partial charge in [0.2, 0.25) is 0 Å². The molecule has 160 valence electrons. The second kappa shape index (κ2) is 6.69. The maximum Gasteiger partial charge on any atom is 0.159 e. The molecule has 0 radical (unpaired) electrons. The molecule has 0 spiro atoms. The van der Waals surface area contributed by atoms with Crippen LogP contribution < -0.4 is 0 Å². The zero-order chi connectivity index (χ0) is 22.1. The number of hydrogen-bond donors (Lipinski definition) is 2. The van der Waals surface area contributed by atoms with E-state index >= 15 is 0 Å². The molecule has 0 saturated heterocycles. The largest absolute Gasteiger partial charge is 0.335 e. The van der Waals surface area contributed by atoms with Gasteiger partial charge >= 0.3 is 0 Å². The number of H-pyrrole nitrogens is 2. The molecule has 0 fully saturated rings. The molecule has 7 heterocycles. The minimum absolute atomic E-state index is 0.242. The lowest BCUT2D eigenvalue weighted by Gasteiger charge is -2.12. The summed E-state index contributed by atoms with van der Waals surface area (Å²) >= 11 is 1.72. The zero-order valence-electron chi connectivity index (χ0n) is 17.9. The van der Waals surface area contributed by atoms with E-state index in [2.05, 4.69) is 66.7 Å². The van der Waals surface area contributed by atoms with Gasteiger partial charge in [-0.25, -0.2) is 4.98 Å². The summed E-state index contributed by atoms with van der Waals surface area (Å²) in [6.45, 7) is 4.37. The molecule has 2 N–H and O–H groups in total. The Kier molecular flexibility index (Phi) is 3.74. The Morgan fingerprint density at radius 2 is 1.82 bits per heavy atom. The monoisotopic (exact) mass is 450 g/mol. The Morgan fingerprint density at radius 3 is 2.73 bits per heavy atom. The van der Waals surface area contributed by atoms with Crippen molar-refractivity contribution in [3.05, 3.63) is 55.2 Å². The Bertz CT molecular complexity index is 1920. The highest BCUT2D eigenvalue weighted by molar-refractivity contribution is 7.23. The van der Waals surface area contributed by atoms with Crippen molar-refractivity contribution in [1.82, 2.24) is 39.7 Å². The first kappa shape index (κ1) is 18.5. The van der Waals surface area contributed by atoms with Crippen LogP contribution in [-0.4, -0.2) is 39.7 Å². The van der Waals surface area contributed by atoms with Gasteiger partial charge < -0.3 is 9.55 Å². The molecule has 9 heteroatoms. The van der Waals surface area contributed by atoms with Crippen LogP contribution in [0.3, 0.4) is 0 Å². The molecule has 7 aromatic rings. The normalized spacial score (nSPS) is 12.2. The van der Waals surface area contributed by atoms with Crippen LogP contribution in [-0.2, 0) is 0 Å². The van der Waals surface area contributed by atoms with Crippen molar-refractivity contribution in [2.75, 3.05) is 0 Å². The van der Waals surface area contributed by atoms with Crippen molar-refractivity contribution in [3.8, 4) is 0 Å². The number of aromatic amines is 2. The van der Waals surface area contributed by atoms with Gasteiger partial charge in [0.05, 0.1) is 45.5 Å².